The molecule has 0 saturated heterocycles. The maximum absolute atomic E-state index is 13.7. The molecule has 156 valence electrons. The number of methoxy groups -OCH3 is 1. The van der Waals surface area contributed by atoms with Crippen molar-refractivity contribution >= 4 is 45.2 Å². The van der Waals surface area contributed by atoms with Gasteiger partial charge in [0.15, 0.2) is 0 Å². The van der Waals surface area contributed by atoms with Crippen molar-refractivity contribution in [3.05, 3.63) is 107 Å². The number of amides is 1. The molecule has 4 aromatic rings. The summed E-state index contributed by atoms with van der Waals surface area (Å²) in [4.78, 5) is 28.1. The van der Waals surface area contributed by atoms with Gasteiger partial charge < -0.3 is 4.74 Å². The van der Waals surface area contributed by atoms with Crippen LogP contribution in [0.25, 0.3) is 27.6 Å². The zero-order chi connectivity index (χ0) is 22.2. The van der Waals surface area contributed by atoms with Gasteiger partial charge in [0, 0.05) is 11.1 Å². The van der Waals surface area contributed by atoms with Crippen LogP contribution in [0.1, 0.15) is 12.5 Å². The monoisotopic (exact) mass is 419 g/mol. The zero-order valence-electron chi connectivity index (χ0n) is 17.8. The third kappa shape index (κ3) is 3.08. The molecule has 1 aliphatic rings. The van der Waals surface area contributed by atoms with Gasteiger partial charge in [-0.05, 0) is 40.8 Å². The lowest BCUT2D eigenvalue weighted by Crippen LogP contribution is -2.24. The van der Waals surface area contributed by atoms with Crippen molar-refractivity contribution in [1.29, 1.82) is 0 Å². The van der Waals surface area contributed by atoms with Gasteiger partial charge >= 0.3 is 5.97 Å². The summed E-state index contributed by atoms with van der Waals surface area (Å²) in [6.07, 6.45) is 1.80. The Morgan fingerprint density at radius 2 is 1.41 bits per heavy atom. The van der Waals surface area contributed by atoms with Crippen LogP contribution < -0.4 is 4.90 Å². The summed E-state index contributed by atoms with van der Waals surface area (Å²) >= 11 is 0. The van der Waals surface area contributed by atoms with Crippen LogP contribution in [0, 0.1) is 0 Å². The highest BCUT2D eigenvalue weighted by Crippen LogP contribution is 2.39. The Bertz CT molecular complexity index is 1450. The van der Waals surface area contributed by atoms with Crippen LogP contribution in [0.4, 0.5) is 5.69 Å². The van der Waals surface area contributed by atoms with Crippen molar-refractivity contribution in [2.24, 2.45) is 0 Å². The third-order valence-electron chi connectivity index (χ3n) is 5.92. The molecule has 0 N–H and O–H groups in total. The van der Waals surface area contributed by atoms with Gasteiger partial charge in [0.05, 0.1) is 23.9 Å². The number of fused-ring (bicyclic) bond motifs is 2. The molecular weight excluding hydrogens is 398 g/mol. The van der Waals surface area contributed by atoms with Gasteiger partial charge in [0.2, 0.25) is 0 Å². The first-order chi connectivity index (χ1) is 15.6. The molecule has 0 radical (unpaired) electrons. The number of hydrogen-bond donors (Lipinski definition) is 0. The first-order valence-corrected chi connectivity index (χ1v) is 10.4. The van der Waals surface area contributed by atoms with Crippen LogP contribution in [0.5, 0.6) is 0 Å². The Morgan fingerprint density at radius 1 is 0.812 bits per heavy atom. The average molecular weight is 419 g/mol. The van der Waals surface area contributed by atoms with Crippen LogP contribution >= 0.6 is 0 Å². The van der Waals surface area contributed by atoms with Gasteiger partial charge in [-0.25, -0.2) is 4.79 Å². The molecule has 0 bridgehead atoms. The fourth-order valence-corrected chi connectivity index (χ4v) is 4.41. The van der Waals surface area contributed by atoms with Crippen LogP contribution in [-0.2, 0) is 14.3 Å². The number of nitrogens with zero attached hydrogens (tertiary/aromatic N) is 1. The maximum atomic E-state index is 13.7. The van der Waals surface area contributed by atoms with Crippen molar-refractivity contribution in [2.75, 3.05) is 12.0 Å². The fraction of sp³-hybridized carbons (Fsp3) is 0.0714. The molecule has 4 nitrogen and oxygen atoms in total. The number of rotatable bonds is 3. The second kappa shape index (κ2) is 7.82. The van der Waals surface area contributed by atoms with E-state index >= 15 is 0 Å². The molecular formula is C28H21NO3. The van der Waals surface area contributed by atoms with Crippen LogP contribution in [0.15, 0.2) is 102 Å². The summed E-state index contributed by atoms with van der Waals surface area (Å²) in [5.74, 6) is -0.766. The van der Waals surface area contributed by atoms with Crippen LogP contribution in [-0.4, -0.2) is 19.0 Å². The summed E-state index contributed by atoms with van der Waals surface area (Å²) in [7, 11) is 1.34. The Labute approximate surface area is 186 Å². The van der Waals surface area contributed by atoms with Gasteiger partial charge in [-0.15, -0.1) is 0 Å². The lowest BCUT2D eigenvalue weighted by Gasteiger charge is -2.20. The number of carbonyl (C=O) groups is 2. The number of allylic oxidation sites excluding steroid dienone is 1. The quantitative estimate of drug-likeness (QED) is 0.308. The molecule has 4 aromatic carbocycles. The second-order valence-corrected chi connectivity index (χ2v) is 7.72. The smallest absolute Gasteiger partial charge is 0.340 e. The van der Waals surface area contributed by atoms with Gasteiger partial charge in [-0.2, -0.15) is 0 Å². The first-order valence-electron chi connectivity index (χ1n) is 10.4. The Balaban J connectivity index is 1.73. The van der Waals surface area contributed by atoms with E-state index in [2.05, 4.69) is 0 Å². The molecule has 0 spiro atoms. The largest absolute Gasteiger partial charge is 0.465 e. The number of carbonyl (C=O) groups excluding carboxylic acids is 2. The van der Waals surface area contributed by atoms with E-state index in [9.17, 15) is 9.59 Å². The van der Waals surface area contributed by atoms with Crippen molar-refractivity contribution < 1.29 is 14.3 Å². The highest BCUT2D eigenvalue weighted by Gasteiger charge is 2.38. The highest BCUT2D eigenvalue weighted by atomic mass is 16.5. The lowest BCUT2D eigenvalue weighted by atomic mass is 9.99. The van der Waals surface area contributed by atoms with E-state index in [1.54, 1.807) is 17.9 Å². The van der Waals surface area contributed by atoms with Gasteiger partial charge in [-0.3, -0.25) is 9.69 Å². The van der Waals surface area contributed by atoms with E-state index in [-0.39, 0.29) is 5.91 Å². The summed E-state index contributed by atoms with van der Waals surface area (Å²) in [6, 6.07) is 27.6. The molecule has 0 aliphatic carbocycles. The van der Waals surface area contributed by atoms with Crippen molar-refractivity contribution in [3.63, 3.8) is 0 Å². The number of anilines is 1. The molecule has 0 saturated carbocycles. The molecule has 1 aliphatic heterocycles. The van der Waals surface area contributed by atoms with E-state index < -0.39 is 5.97 Å². The van der Waals surface area contributed by atoms with Gasteiger partial charge in [0.25, 0.3) is 5.91 Å². The Kier molecular flexibility index (Phi) is 4.83. The number of ether oxygens (including phenoxy) is 1. The minimum absolute atomic E-state index is 0.243. The van der Waals surface area contributed by atoms with Crippen LogP contribution in [0.2, 0.25) is 0 Å². The molecule has 5 rings (SSSR count). The second-order valence-electron chi connectivity index (χ2n) is 7.72. The molecule has 0 atom stereocenters. The van der Waals surface area contributed by atoms with E-state index in [0.29, 0.717) is 16.8 Å². The molecule has 4 heteroatoms. The minimum atomic E-state index is -0.523. The summed E-state index contributed by atoms with van der Waals surface area (Å²) in [6.45, 7) is 1.79. The van der Waals surface area contributed by atoms with Gasteiger partial charge in [0.1, 0.15) is 0 Å². The molecule has 0 unspecified atom stereocenters. The number of esters is 1. The Morgan fingerprint density at radius 3 is 2.12 bits per heavy atom. The fourth-order valence-electron chi connectivity index (χ4n) is 4.41. The Hall–Kier alpha value is -4.18. The number of hydrogen-bond acceptors (Lipinski definition) is 3. The maximum Gasteiger partial charge on any atom is 0.340 e. The number of benzene rings is 4. The third-order valence-corrected chi connectivity index (χ3v) is 5.92. The van der Waals surface area contributed by atoms with E-state index in [1.807, 2.05) is 84.9 Å². The minimum Gasteiger partial charge on any atom is -0.465 e. The SMILES string of the molecule is COC(=O)C1=C(C)N(c2cccc3ccccc23)C(=O)/C1=C\c1cccc2ccccc12. The molecule has 1 heterocycles. The predicted octanol–water partition coefficient (Wildman–Crippen LogP) is 5.87. The normalized spacial score (nSPS) is 15.2. The van der Waals surface area contributed by atoms with Gasteiger partial charge in [-0.1, -0.05) is 78.9 Å². The van der Waals surface area contributed by atoms with Crippen molar-refractivity contribution in [2.45, 2.75) is 6.92 Å². The van der Waals surface area contributed by atoms with E-state index in [4.69, 9.17) is 4.74 Å². The molecule has 0 fully saturated rings. The molecule has 32 heavy (non-hydrogen) atoms. The lowest BCUT2D eigenvalue weighted by molar-refractivity contribution is -0.136. The zero-order valence-corrected chi connectivity index (χ0v) is 17.8. The van der Waals surface area contributed by atoms with Crippen molar-refractivity contribution in [1.82, 2.24) is 0 Å². The highest BCUT2D eigenvalue weighted by molar-refractivity contribution is 6.25. The standard InChI is InChI=1S/C28H21NO3/c1-18-26(28(31)32-2)24(17-21-13-7-11-19-9-3-5-14-22(19)21)27(30)29(18)25-16-8-12-20-10-4-6-15-23(20)25/h3-17H,1-2H3/b24-17-. The summed E-state index contributed by atoms with van der Waals surface area (Å²) in [5.41, 5.74) is 2.80. The first kappa shape index (κ1) is 19.8. The van der Waals surface area contributed by atoms with E-state index in [0.717, 1.165) is 32.8 Å². The molecule has 0 aromatic heterocycles. The topological polar surface area (TPSA) is 46.6 Å². The summed E-state index contributed by atoms with van der Waals surface area (Å²) < 4.78 is 5.06. The summed E-state index contributed by atoms with van der Waals surface area (Å²) in [5, 5.41) is 4.05. The average Bonchev–Trinajstić information content (AvgIpc) is 3.07. The predicted molar refractivity (Wildman–Crippen MR) is 128 cm³/mol. The molecule has 1 amide bonds. The van der Waals surface area contributed by atoms with Crippen molar-refractivity contribution in [3.8, 4) is 0 Å². The van der Waals surface area contributed by atoms with E-state index in [1.165, 1.54) is 7.11 Å². The van der Waals surface area contributed by atoms with Crippen LogP contribution in [0.3, 0.4) is 0 Å².